The van der Waals surface area contributed by atoms with Crippen molar-refractivity contribution in [1.82, 2.24) is 10.6 Å². The number of amides is 3. The van der Waals surface area contributed by atoms with E-state index in [-0.39, 0.29) is 35.2 Å². The highest BCUT2D eigenvalue weighted by Crippen LogP contribution is 2.33. The summed E-state index contributed by atoms with van der Waals surface area (Å²) in [5.74, 6) is -1.65. The number of benzene rings is 1. The number of alkyl halides is 3. The molecule has 1 aliphatic heterocycles. The molecule has 0 saturated carbocycles. The predicted molar refractivity (Wildman–Crippen MR) is 94.8 cm³/mol. The highest BCUT2D eigenvalue weighted by molar-refractivity contribution is 8.00. The fourth-order valence-corrected chi connectivity index (χ4v) is 3.41. The summed E-state index contributed by atoms with van der Waals surface area (Å²) in [5, 5.41) is 7.81. The van der Waals surface area contributed by atoms with Crippen molar-refractivity contribution >= 4 is 46.8 Å². The summed E-state index contributed by atoms with van der Waals surface area (Å²) in [4.78, 5) is 34.6. The Balaban J connectivity index is 1.92. The zero-order valence-corrected chi connectivity index (χ0v) is 15.3. The second-order valence-corrected chi connectivity index (χ2v) is 7.24. The lowest BCUT2D eigenvalue weighted by Crippen LogP contribution is -2.55. The molecule has 5 N–H and O–H groups in total. The van der Waals surface area contributed by atoms with Crippen LogP contribution >= 0.6 is 23.4 Å². The van der Waals surface area contributed by atoms with E-state index in [9.17, 15) is 27.6 Å². The van der Waals surface area contributed by atoms with Crippen molar-refractivity contribution in [3.8, 4) is 0 Å². The first kappa shape index (κ1) is 21.3. The van der Waals surface area contributed by atoms with Crippen LogP contribution < -0.4 is 21.7 Å². The number of hydrogen-bond acceptors (Lipinski definition) is 5. The predicted octanol–water partition coefficient (Wildman–Crippen LogP) is 1.67. The number of rotatable bonds is 6. The van der Waals surface area contributed by atoms with Gasteiger partial charge in [-0.25, -0.2) is 0 Å². The Morgan fingerprint density at radius 1 is 1.37 bits per heavy atom. The van der Waals surface area contributed by atoms with Gasteiger partial charge >= 0.3 is 6.18 Å². The highest BCUT2D eigenvalue weighted by Gasteiger charge is 2.31. The summed E-state index contributed by atoms with van der Waals surface area (Å²) < 4.78 is 38.3. The number of carbonyl (C=O) groups excluding carboxylic acids is 3. The largest absolute Gasteiger partial charge is 0.416 e. The molecule has 0 bridgehead atoms. The molecule has 0 spiro atoms. The quantitative estimate of drug-likeness (QED) is 0.554. The van der Waals surface area contributed by atoms with Crippen LogP contribution in [0.2, 0.25) is 5.02 Å². The van der Waals surface area contributed by atoms with Crippen molar-refractivity contribution in [2.45, 2.75) is 30.6 Å². The summed E-state index contributed by atoms with van der Waals surface area (Å²) in [6.07, 6.45) is -4.52. The standard InChI is InChI=1S/C15H16ClF3N4O3S/c16-9-2-1-7(15(17,18)19)3-10(9)22-13(26)6-27-14-21-8(4-11(20)24)5-12(25)23-14/h1-3,8,14,21H,4-6H2,(H2,20,24)(H,22,26)(H,23,25). The molecule has 0 aliphatic carbocycles. The van der Waals surface area contributed by atoms with Crippen LogP contribution in [0.3, 0.4) is 0 Å². The molecule has 1 aromatic rings. The van der Waals surface area contributed by atoms with Gasteiger partial charge in [0.15, 0.2) is 0 Å². The van der Waals surface area contributed by atoms with Gasteiger partial charge in [0.1, 0.15) is 5.50 Å². The van der Waals surface area contributed by atoms with Crippen molar-refractivity contribution in [3.05, 3.63) is 28.8 Å². The average Bonchev–Trinajstić information content (AvgIpc) is 2.53. The second-order valence-electron chi connectivity index (χ2n) is 5.74. The average molecular weight is 425 g/mol. The molecule has 1 heterocycles. The van der Waals surface area contributed by atoms with Crippen LogP contribution in [-0.4, -0.2) is 35.0 Å². The number of hydrogen-bond donors (Lipinski definition) is 4. The maximum Gasteiger partial charge on any atom is 0.416 e. The monoisotopic (exact) mass is 424 g/mol. The lowest BCUT2D eigenvalue weighted by molar-refractivity contribution is -0.137. The van der Waals surface area contributed by atoms with E-state index in [1.807, 2.05) is 0 Å². The topological polar surface area (TPSA) is 113 Å². The number of carbonyl (C=O) groups is 3. The van der Waals surface area contributed by atoms with Gasteiger partial charge in [-0.2, -0.15) is 13.2 Å². The van der Waals surface area contributed by atoms with E-state index in [0.717, 1.165) is 30.0 Å². The Labute approximate surface area is 161 Å². The van der Waals surface area contributed by atoms with E-state index in [1.165, 1.54) is 0 Å². The summed E-state index contributed by atoms with van der Waals surface area (Å²) in [6.45, 7) is 0. The van der Waals surface area contributed by atoms with Gasteiger partial charge in [0.2, 0.25) is 17.7 Å². The van der Waals surface area contributed by atoms with Crippen LogP contribution in [0.25, 0.3) is 0 Å². The maximum absolute atomic E-state index is 12.8. The molecule has 2 atom stereocenters. The molecule has 148 valence electrons. The van der Waals surface area contributed by atoms with Crippen molar-refractivity contribution in [3.63, 3.8) is 0 Å². The number of halogens is 4. The third-order valence-corrected chi connectivity index (χ3v) is 4.85. The van der Waals surface area contributed by atoms with Gasteiger partial charge in [0, 0.05) is 18.9 Å². The Morgan fingerprint density at radius 3 is 2.70 bits per heavy atom. The first-order chi connectivity index (χ1) is 12.5. The summed E-state index contributed by atoms with van der Waals surface area (Å²) in [6, 6.07) is 2.15. The van der Waals surface area contributed by atoms with Crippen LogP contribution in [0.15, 0.2) is 18.2 Å². The minimum Gasteiger partial charge on any atom is -0.370 e. The van der Waals surface area contributed by atoms with Gasteiger partial charge in [0.25, 0.3) is 0 Å². The summed E-state index contributed by atoms with van der Waals surface area (Å²) in [5.41, 5.74) is 3.36. The van der Waals surface area contributed by atoms with Crippen LogP contribution in [0.1, 0.15) is 18.4 Å². The zero-order valence-electron chi connectivity index (χ0n) is 13.7. The molecular formula is C15H16ClF3N4O3S. The van der Waals surface area contributed by atoms with Gasteiger partial charge in [0.05, 0.1) is 22.0 Å². The zero-order chi connectivity index (χ0) is 20.2. The van der Waals surface area contributed by atoms with Crippen LogP contribution in [0.4, 0.5) is 18.9 Å². The molecule has 0 radical (unpaired) electrons. The molecule has 2 rings (SSSR count). The molecule has 1 aliphatic rings. The first-order valence-corrected chi connectivity index (χ1v) is 9.09. The second kappa shape index (κ2) is 8.81. The molecule has 1 aromatic carbocycles. The molecule has 12 heteroatoms. The van der Waals surface area contributed by atoms with Crippen molar-refractivity contribution in [1.29, 1.82) is 0 Å². The van der Waals surface area contributed by atoms with Gasteiger partial charge in [-0.1, -0.05) is 11.6 Å². The van der Waals surface area contributed by atoms with Crippen molar-refractivity contribution < 1.29 is 27.6 Å². The molecule has 1 saturated heterocycles. The molecule has 2 unspecified atom stereocenters. The summed E-state index contributed by atoms with van der Waals surface area (Å²) in [7, 11) is 0. The SMILES string of the molecule is NC(=O)CC1CC(=O)NC(SCC(=O)Nc2cc(C(F)(F)F)ccc2Cl)N1. The normalized spacial score (nSPS) is 20.1. The maximum atomic E-state index is 12.8. The summed E-state index contributed by atoms with van der Waals surface area (Å²) >= 11 is 6.83. The van der Waals surface area contributed by atoms with Gasteiger partial charge < -0.3 is 16.4 Å². The number of nitrogens with two attached hydrogens (primary N) is 1. The molecule has 27 heavy (non-hydrogen) atoms. The Kier molecular flexibility index (Phi) is 6.95. The molecule has 3 amide bonds. The van der Waals surface area contributed by atoms with E-state index < -0.39 is 35.1 Å². The number of primary amides is 1. The lowest BCUT2D eigenvalue weighted by atomic mass is 10.1. The first-order valence-electron chi connectivity index (χ1n) is 7.66. The fraction of sp³-hybridized carbons (Fsp3) is 0.400. The van der Waals surface area contributed by atoms with E-state index in [4.69, 9.17) is 17.3 Å². The smallest absolute Gasteiger partial charge is 0.370 e. The lowest BCUT2D eigenvalue weighted by Gasteiger charge is -2.30. The molecule has 1 fully saturated rings. The van der Waals surface area contributed by atoms with E-state index in [2.05, 4.69) is 16.0 Å². The van der Waals surface area contributed by atoms with Gasteiger partial charge in [-0.3, -0.25) is 19.7 Å². The third-order valence-electron chi connectivity index (χ3n) is 3.51. The van der Waals surface area contributed by atoms with Crippen LogP contribution in [0, 0.1) is 0 Å². The third kappa shape index (κ3) is 6.60. The van der Waals surface area contributed by atoms with Gasteiger partial charge in [-0.05, 0) is 18.2 Å². The van der Waals surface area contributed by atoms with E-state index in [1.54, 1.807) is 0 Å². The minimum atomic E-state index is -4.56. The Hall–Kier alpha value is -1.98. The molecular weight excluding hydrogens is 409 g/mol. The van der Waals surface area contributed by atoms with Gasteiger partial charge in [-0.15, -0.1) is 11.8 Å². The van der Waals surface area contributed by atoms with Crippen molar-refractivity contribution in [2.24, 2.45) is 5.73 Å². The number of nitrogens with one attached hydrogen (secondary N) is 3. The molecule has 7 nitrogen and oxygen atoms in total. The van der Waals surface area contributed by atoms with Crippen LogP contribution in [-0.2, 0) is 20.6 Å². The Bertz CT molecular complexity index is 746. The number of anilines is 1. The number of thioether (sulfide) groups is 1. The van der Waals surface area contributed by atoms with E-state index in [0.29, 0.717) is 0 Å². The van der Waals surface area contributed by atoms with Crippen LogP contribution in [0.5, 0.6) is 0 Å². The van der Waals surface area contributed by atoms with E-state index >= 15 is 0 Å². The fourth-order valence-electron chi connectivity index (χ4n) is 2.35. The van der Waals surface area contributed by atoms with Crippen molar-refractivity contribution in [2.75, 3.05) is 11.1 Å². The Morgan fingerprint density at radius 2 is 2.07 bits per heavy atom. The molecule has 0 aromatic heterocycles. The minimum absolute atomic E-state index is 0.0312. The highest BCUT2D eigenvalue weighted by atomic mass is 35.5.